The third kappa shape index (κ3) is 3.11. The minimum absolute atomic E-state index is 0.0675. The van der Waals surface area contributed by atoms with E-state index in [-0.39, 0.29) is 11.5 Å². The van der Waals surface area contributed by atoms with Crippen molar-refractivity contribution >= 4 is 22.9 Å². The highest BCUT2D eigenvalue weighted by atomic mass is 16.2. The number of pyridine rings is 1. The van der Waals surface area contributed by atoms with Crippen LogP contribution in [0.5, 0.6) is 0 Å². The Balaban J connectivity index is 1.55. The fourth-order valence-corrected chi connectivity index (χ4v) is 3.24. The topological polar surface area (TPSA) is 53.2 Å². The maximum Gasteiger partial charge on any atom is 0.255 e. The van der Waals surface area contributed by atoms with Crippen molar-refractivity contribution in [2.45, 2.75) is 13.0 Å². The first-order valence-electron chi connectivity index (χ1n) is 8.36. The molecule has 2 aromatic carbocycles. The number of fused-ring (bicyclic) bond motifs is 2. The SMILES string of the molecule is O=C(/C=C/c1cc2ccccc2[nH]c1=O)N1CCc2ccccc2C1. The molecule has 3 aromatic rings. The number of benzene rings is 2. The van der Waals surface area contributed by atoms with E-state index >= 15 is 0 Å². The molecule has 4 rings (SSSR count). The Morgan fingerprint density at radius 3 is 2.68 bits per heavy atom. The number of hydrogen-bond donors (Lipinski definition) is 1. The highest BCUT2D eigenvalue weighted by Gasteiger charge is 2.18. The molecule has 0 spiro atoms. The number of para-hydroxylation sites is 1. The summed E-state index contributed by atoms with van der Waals surface area (Å²) in [5.74, 6) is -0.0675. The molecular formula is C21H18N2O2. The van der Waals surface area contributed by atoms with Crippen LogP contribution < -0.4 is 5.56 Å². The van der Waals surface area contributed by atoms with Crippen LogP contribution in [0.4, 0.5) is 0 Å². The highest BCUT2D eigenvalue weighted by Crippen LogP contribution is 2.19. The average molecular weight is 330 g/mol. The molecule has 0 radical (unpaired) electrons. The number of carbonyl (C=O) groups is 1. The summed E-state index contributed by atoms with van der Waals surface area (Å²) in [6, 6.07) is 17.6. The molecule has 0 unspecified atom stereocenters. The van der Waals surface area contributed by atoms with Crippen LogP contribution >= 0.6 is 0 Å². The molecule has 0 saturated heterocycles. The quantitative estimate of drug-likeness (QED) is 0.734. The summed E-state index contributed by atoms with van der Waals surface area (Å²) in [5.41, 5.74) is 3.60. The van der Waals surface area contributed by atoms with Gasteiger partial charge in [0.05, 0.1) is 0 Å². The lowest BCUT2D eigenvalue weighted by Crippen LogP contribution is -2.34. The van der Waals surface area contributed by atoms with Gasteiger partial charge in [-0.25, -0.2) is 0 Å². The van der Waals surface area contributed by atoms with Crippen LogP contribution in [-0.4, -0.2) is 22.3 Å². The molecular weight excluding hydrogens is 312 g/mol. The zero-order valence-electron chi connectivity index (χ0n) is 13.7. The molecule has 4 nitrogen and oxygen atoms in total. The second kappa shape index (κ2) is 6.40. The van der Waals surface area contributed by atoms with Gasteiger partial charge in [-0.2, -0.15) is 0 Å². The minimum Gasteiger partial charge on any atom is -0.334 e. The number of carbonyl (C=O) groups excluding carboxylic acids is 1. The van der Waals surface area contributed by atoms with Crippen molar-refractivity contribution in [1.82, 2.24) is 9.88 Å². The van der Waals surface area contributed by atoms with E-state index in [0.717, 1.165) is 17.3 Å². The molecule has 1 N–H and O–H groups in total. The third-order valence-electron chi connectivity index (χ3n) is 4.63. The second-order valence-electron chi connectivity index (χ2n) is 6.25. The summed E-state index contributed by atoms with van der Waals surface area (Å²) in [6.07, 6.45) is 3.97. The van der Waals surface area contributed by atoms with E-state index in [4.69, 9.17) is 0 Å². The van der Waals surface area contributed by atoms with Gasteiger partial charge in [0, 0.05) is 30.2 Å². The number of H-pyrrole nitrogens is 1. The van der Waals surface area contributed by atoms with E-state index in [9.17, 15) is 9.59 Å². The van der Waals surface area contributed by atoms with E-state index in [2.05, 4.69) is 17.1 Å². The van der Waals surface area contributed by atoms with Gasteiger partial charge in [0.2, 0.25) is 5.91 Å². The van der Waals surface area contributed by atoms with Crippen LogP contribution in [0.3, 0.4) is 0 Å². The summed E-state index contributed by atoms with van der Waals surface area (Å²) >= 11 is 0. The molecule has 124 valence electrons. The molecule has 1 aromatic heterocycles. The van der Waals surface area contributed by atoms with Gasteiger partial charge < -0.3 is 9.88 Å². The first kappa shape index (κ1) is 15.4. The van der Waals surface area contributed by atoms with Crippen LogP contribution in [0.2, 0.25) is 0 Å². The summed E-state index contributed by atoms with van der Waals surface area (Å²) in [4.78, 5) is 29.3. The molecule has 1 aliphatic rings. The van der Waals surface area contributed by atoms with Crippen molar-refractivity contribution in [3.05, 3.63) is 87.7 Å². The van der Waals surface area contributed by atoms with E-state index in [0.29, 0.717) is 18.7 Å². The average Bonchev–Trinajstić information content (AvgIpc) is 2.65. The van der Waals surface area contributed by atoms with Crippen molar-refractivity contribution in [3.63, 3.8) is 0 Å². The number of aromatic amines is 1. The summed E-state index contributed by atoms with van der Waals surface area (Å²) in [5, 5.41) is 0.945. The largest absolute Gasteiger partial charge is 0.334 e. The number of nitrogens with zero attached hydrogens (tertiary/aromatic N) is 1. The maximum absolute atomic E-state index is 12.5. The van der Waals surface area contributed by atoms with E-state index in [1.807, 2.05) is 47.4 Å². The maximum atomic E-state index is 12.5. The molecule has 0 fully saturated rings. The molecule has 0 atom stereocenters. The molecule has 0 bridgehead atoms. The van der Waals surface area contributed by atoms with Gasteiger partial charge in [0.15, 0.2) is 0 Å². The molecule has 0 saturated carbocycles. The Bertz CT molecular complexity index is 1030. The number of hydrogen-bond acceptors (Lipinski definition) is 2. The zero-order valence-corrected chi connectivity index (χ0v) is 13.7. The summed E-state index contributed by atoms with van der Waals surface area (Å²) in [7, 11) is 0. The minimum atomic E-state index is -0.188. The lowest BCUT2D eigenvalue weighted by atomic mass is 10.00. The lowest BCUT2D eigenvalue weighted by molar-refractivity contribution is -0.126. The van der Waals surface area contributed by atoms with Crippen molar-refractivity contribution in [2.24, 2.45) is 0 Å². The fraction of sp³-hybridized carbons (Fsp3) is 0.143. The van der Waals surface area contributed by atoms with Gasteiger partial charge in [0.25, 0.3) is 5.56 Å². The third-order valence-corrected chi connectivity index (χ3v) is 4.63. The summed E-state index contributed by atoms with van der Waals surface area (Å²) in [6.45, 7) is 1.32. The molecule has 25 heavy (non-hydrogen) atoms. The van der Waals surface area contributed by atoms with Gasteiger partial charge in [-0.05, 0) is 41.1 Å². The Labute approximate surface area is 145 Å². The van der Waals surface area contributed by atoms with Gasteiger partial charge in [-0.15, -0.1) is 0 Å². The van der Waals surface area contributed by atoms with Crippen LogP contribution in [0.25, 0.3) is 17.0 Å². The van der Waals surface area contributed by atoms with E-state index < -0.39 is 0 Å². The monoisotopic (exact) mass is 330 g/mol. The fourth-order valence-electron chi connectivity index (χ4n) is 3.24. The van der Waals surface area contributed by atoms with Crippen LogP contribution in [0.1, 0.15) is 16.7 Å². The van der Waals surface area contributed by atoms with Crippen molar-refractivity contribution in [1.29, 1.82) is 0 Å². The Kier molecular flexibility index (Phi) is 3.94. The Morgan fingerprint density at radius 1 is 1.04 bits per heavy atom. The normalized spacial score (nSPS) is 14.0. The first-order chi connectivity index (χ1) is 12.2. The number of aromatic nitrogens is 1. The molecule has 1 aliphatic heterocycles. The van der Waals surface area contributed by atoms with Crippen LogP contribution in [-0.2, 0) is 17.8 Å². The Morgan fingerprint density at radius 2 is 1.80 bits per heavy atom. The van der Waals surface area contributed by atoms with Gasteiger partial charge in [-0.3, -0.25) is 9.59 Å². The Hall–Kier alpha value is -3.14. The van der Waals surface area contributed by atoms with Gasteiger partial charge in [0.1, 0.15) is 0 Å². The summed E-state index contributed by atoms with van der Waals surface area (Å²) < 4.78 is 0. The van der Waals surface area contributed by atoms with Crippen LogP contribution in [0, 0.1) is 0 Å². The standard InChI is InChI=1S/C21H18N2O2/c24-20(23-12-11-15-5-1-2-7-18(15)14-23)10-9-17-13-16-6-3-4-8-19(16)22-21(17)25/h1-10,13H,11-12,14H2,(H,22,25)/b10-9+. The molecule has 0 aliphatic carbocycles. The van der Waals surface area contributed by atoms with Gasteiger partial charge >= 0.3 is 0 Å². The number of amides is 1. The van der Waals surface area contributed by atoms with Crippen LogP contribution in [0.15, 0.2) is 65.5 Å². The first-order valence-corrected chi connectivity index (χ1v) is 8.36. The predicted octanol–water partition coefficient (Wildman–Crippen LogP) is 3.13. The second-order valence-corrected chi connectivity index (χ2v) is 6.25. The lowest BCUT2D eigenvalue weighted by Gasteiger charge is -2.27. The predicted molar refractivity (Wildman–Crippen MR) is 99.2 cm³/mol. The number of nitrogens with one attached hydrogen (secondary N) is 1. The van der Waals surface area contributed by atoms with Crippen molar-refractivity contribution in [2.75, 3.05) is 6.54 Å². The van der Waals surface area contributed by atoms with Crippen molar-refractivity contribution < 1.29 is 4.79 Å². The van der Waals surface area contributed by atoms with E-state index in [1.165, 1.54) is 17.2 Å². The smallest absolute Gasteiger partial charge is 0.255 e. The molecule has 2 heterocycles. The molecule has 4 heteroatoms. The number of rotatable bonds is 2. The van der Waals surface area contributed by atoms with E-state index in [1.54, 1.807) is 6.08 Å². The molecule has 1 amide bonds. The zero-order chi connectivity index (χ0) is 17.2. The van der Waals surface area contributed by atoms with Crippen molar-refractivity contribution in [3.8, 4) is 0 Å². The highest BCUT2D eigenvalue weighted by molar-refractivity contribution is 5.92. The van der Waals surface area contributed by atoms with Gasteiger partial charge in [-0.1, -0.05) is 42.5 Å².